The fourth-order valence-corrected chi connectivity index (χ4v) is 5.86. The van der Waals surface area contributed by atoms with E-state index in [0.717, 1.165) is 47.4 Å². The highest BCUT2D eigenvalue weighted by Crippen LogP contribution is 2.33. The summed E-state index contributed by atoms with van der Waals surface area (Å²) in [5.74, 6) is 0.814. The molecular weight excluding hydrogens is 608 g/mol. The van der Waals surface area contributed by atoms with Crippen molar-refractivity contribution in [3.63, 3.8) is 0 Å². The molecule has 0 spiro atoms. The van der Waals surface area contributed by atoms with Crippen LogP contribution in [0.5, 0.6) is 5.75 Å². The largest absolute Gasteiger partial charge is 0.573 e. The van der Waals surface area contributed by atoms with Crippen molar-refractivity contribution in [1.82, 2.24) is 20.1 Å². The van der Waals surface area contributed by atoms with Gasteiger partial charge in [0.1, 0.15) is 17.9 Å². The van der Waals surface area contributed by atoms with Gasteiger partial charge in [-0.2, -0.15) is 4.99 Å². The Morgan fingerprint density at radius 1 is 1.09 bits per heavy atom. The third kappa shape index (κ3) is 8.62. The molecule has 45 heavy (non-hydrogen) atoms. The number of thioether (sulfide) groups is 1. The third-order valence-electron chi connectivity index (χ3n) is 7.06. The number of carbonyl (C=O) groups is 1. The zero-order valence-corrected chi connectivity index (χ0v) is 25.5. The maximum atomic E-state index is 13.9. The van der Waals surface area contributed by atoms with Crippen LogP contribution in [-0.2, 0) is 6.42 Å². The molecule has 0 aliphatic carbocycles. The average molecular weight is 641 g/mol. The molecule has 8 nitrogen and oxygen atoms in total. The first-order chi connectivity index (χ1) is 21.6. The Kier molecular flexibility index (Phi) is 10.1. The van der Waals surface area contributed by atoms with Gasteiger partial charge < -0.3 is 15.0 Å². The van der Waals surface area contributed by atoms with Crippen molar-refractivity contribution in [3.8, 4) is 22.8 Å². The minimum absolute atomic E-state index is 0.127. The van der Waals surface area contributed by atoms with Gasteiger partial charge in [0.2, 0.25) is 0 Å². The summed E-state index contributed by atoms with van der Waals surface area (Å²) >= 11 is 1.51. The van der Waals surface area contributed by atoms with Crippen molar-refractivity contribution < 1.29 is 27.1 Å². The Hall–Kier alpha value is -4.39. The van der Waals surface area contributed by atoms with Crippen LogP contribution in [0.15, 0.2) is 78.0 Å². The maximum absolute atomic E-state index is 13.9. The highest BCUT2D eigenvalue weighted by atomic mass is 32.2. The van der Waals surface area contributed by atoms with Crippen molar-refractivity contribution in [2.24, 2.45) is 4.99 Å². The first-order valence-electron chi connectivity index (χ1n) is 14.5. The summed E-state index contributed by atoms with van der Waals surface area (Å²) in [6, 6.07) is 17.5. The lowest BCUT2D eigenvalue weighted by molar-refractivity contribution is -0.274. The minimum Gasteiger partial charge on any atom is -0.406 e. The van der Waals surface area contributed by atoms with Crippen LogP contribution in [0.25, 0.3) is 17.1 Å². The number of rotatable bonds is 10. The van der Waals surface area contributed by atoms with Crippen LogP contribution in [0.4, 0.5) is 28.0 Å². The number of hydrogen-bond donors (Lipinski definition) is 1. The summed E-state index contributed by atoms with van der Waals surface area (Å²) in [4.78, 5) is 23.2. The van der Waals surface area contributed by atoms with Crippen LogP contribution in [-0.4, -0.2) is 51.2 Å². The average Bonchev–Trinajstić information content (AvgIpc) is 3.67. The number of unbranched alkanes of at least 4 members (excludes halogenated alkanes) is 1. The van der Waals surface area contributed by atoms with Gasteiger partial charge in [-0.15, -0.1) is 18.3 Å². The van der Waals surface area contributed by atoms with Crippen LogP contribution in [0.3, 0.4) is 0 Å². The van der Waals surface area contributed by atoms with Crippen LogP contribution in [0.2, 0.25) is 0 Å². The van der Waals surface area contributed by atoms with E-state index in [-0.39, 0.29) is 17.5 Å². The quantitative estimate of drug-likeness (QED) is 0.141. The van der Waals surface area contributed by atoms with E-state index in [9.17, 15) is 22.4 Å². The molecule has 0 bridgehead atoms. The van der Waals surface area contributed by atoms with Gasteiger partial charge in [-0.05, 0) is 84.8 Å². The second kappa shape index (κ2) is 14.1. The van der Waals surface area contributed by atoms with E-state index in [1.807, 2.05) is 43.0 Å². The zero-order chi connectivity index (χ0) is 32.0. The smallest absolute Gasteiger partial charge is 0.406 e. The Morgan fingerprint density at radius 2 is 1.89 bits per heavy atom. The van der Waals surface area contributed by atoms with E-state index in [4.69, 9.17) is 0 Å². The Morgan fingerprint density at radius 3 is 2.64 bits per heavy atom. The normalized spacial score (nSPS) is 14.4. The van der Waals surface area contributed by atoms with Gasteiger partial charge in [0.05, 0.1) is 5.69 Å². The zero-order valence-electron chi connectivity index (χ0n) is 24.7. The summed E-state index contributed by atoms with van der Waals surface area (Å²) < 4.78 is 56.5. The number of alkyl halides is 3. The van der Waals surface area contributed by atoms with Gasteiger partial charge in [-0.3, -0.25) is 0 Å². The number of carbonyl (C=O) groups excluding carboxylic acids is 1. The summed E-state index contributed by atoms with van der Waals surface area (Å²) in [5.41, 5.74) is 4.20. The van der Waals surface area contributed by atoms with Crippen LogP contribution < -0.4 is 15.0 Å². The molecule has 0 unspecified atom stereocenters. The lowest BCUT2D eigenvalue weighted by atomic mass is 10.0. The van der Waals surface area contributed by atoms with E-state index >= 15 is 0 Å². The van der Waals surface area contributed by atoms with Gasteiger partial charge in [0, 0.05) is 30.1 Å². The van der Waals surface area contributed by atoms with Crippen LogP contribution >= 0.6 is 11.8 Å². The lowest BCUT2D eigenvalue weighted by Crippen LogP contribution is -2.28. The summed E-state index contributed by atoms with van der Waals surface area (Å²) in [6.45, 7) is 5.20. The second-order valence-electron chi connectivity index (χ2n) is 10.7. The van der Waals surface area contributed by atoms with E-state index in [2.05, 4.69) is 25.1 Å². The number of halogens is 4. The molecule has 1 aliphatic heterocycles. The third-order valence-corrected chi connectivity index (χ3v) is 8.01. The Balaban J connectivity index is 1.11. The Labute approximate surface area is 262 Å². The minimum atomic E-state index is -4.75. The highest BCUT2D eigenvalue weighted by Gasteiger charge is 2.31. The molecule has 2 heterocycles. The molecule has 0 radical (unpaired) electrons. The first kappa shape index (κ1) is 32.0. The number of ether oxygens (including phenoxy) is 1. The van der Waals surface area contributed by atoms with Crippen molar-refractivity contribution in [3.05, 3.63) is 90.0 Å². The van der Waals surface area contributed by atoms with Gasteiger partial charge in [-0.25, -0.2) is 18.9 Å². The molecule has 4 aromatic rings. The van der Waals surface area contributed by atoms with Crippen LogP contribution in [0, 0.1) is 5.82 Å². The van der Waals surface area contributed by atoms with Crippen molar-refractivity contribution in [2.75, 3.05) is 23.7 Å². The van der Waals surface area contributed by atoms with E-state index in [1.165, 1.54) is 53.1 Å². The van der Waals surface area contributed by atoms with Gasteiger partial charge in [0.15, 0.2) is 11.0 Å². The number of aliphatic imine (C=N–C) groups is 1. The summed E-state index contributed by atoms with van der Waals surface area (Å²) in [6.07, 6.45) is -0.875. The number of hydrogen-bond acceptors (Lipinski definition) is 5. The predicted octanol–water partition coefficient (Wildman–Crippen LogP) is 7.74. The fourth-order valence-electron chi connectivity index (χ4n) is 4.91. The standard InChI is InChI=1S/C32H32F4N6O2S/c1-21(2)27-19-24(33)9-14-28(27)41-16-17-45-31(41)39-30(43)37-15-4-3-6-22-7-5-8-23(18-22)29-38-20-42(40-29)25-10-12-26(13-11-25)44-32(34,35)36/h5,7-14,18-21H,3-4,6,15-17H2,1-2H3,(H,37,43). The Bertz CT molecular complexity index is 1660. The second-order valence-corrected chi connectivity index (χ2v) is 11.8. The molecule has 5 rings (SSSR count). The number of anilines is 1. The van der Waals surface area contributed by atoms with Crippen molar-refractivity contribution in [1.29, 1.82) is 0 Å². The van der Waals surface area contributed by atoms with Gasteiger partial charge >= 0.3 is 12.4 Å². The molecule has 0 atom stereocenters. The predicted molar refractivity (Wildman–Crippen MR) is 168 cm³/mol. The van der Waals surface area contributed by atoms with Crippen molar-refractivity contribution >= 4 is 28.6 Å². The molecule has 1 N–H and O–H groups in total. The molecule has 236 valence electrons. The SMILES string of the molecule is CC(C)c1cc(F)ccc1N1CCSC1=NC(=O)NCCCCc1cccc(-c2ncn(-c3ccc(OC(F)(F)F)cc3)n2)c1. The monoisotopic (exact) mass is 640 g/mol. The number of aromatic nitrogens is 3. The summed E-state index contributed by atoms with van der Waals surface area (Å²) in [7, 11) is 0. The summed E-state index contributed by atoms with van der Waals surface area (Å²) in [5, 5.41) is 7.95. The molecular formula is C32H32F4N6O2S. The molecule has 13 heteroatoms. The maximum Gasteiger partial charge on any atom is 0.573 e. The number of aryl methyl sites for hydroxylation is 1. The molecule has 2 amide bonds. The number of benzene rings is 3. The van der Waals surface area contributed by atoms with E-state index < -0.39 is 12.4 Å². The number of amides is 2. The molecule has 1 fully saturated rings. The van der Waals surface area contributed by atoms with Crippen LogP contribution in [0.1, 0.15) is 43.7 Å². The van der Waals surface area contributed by atoms with E-state index in [0.29, 0.717) is 29.8 Å². The first-order valence-corrected chi connectivity index (χ1v) is 15.5. The molecule has 3 aromatic carbocycles. The van der Waals surface area contributed by atoms with Gasteiger partial charge in [-0.1, -0.05) is 43.8 Å². The molecule has 1 aliphatic rings. The number of amidine groups is 1. The highest BCUT2D eigenvalue weighted by molar-refractivity contribution is 8.14. The fraction of sp³-hybridized carbons (Fsp3) is 0.312. The number of urea groups is 1. The molecule has 1 aromatic heterocycles. The number of nitrogens with zero attached hydrogens (tertiary/aromatic N) is 5. The van der Waals surface area contributed by atoms with E-state index in [1.54, 1.807) is 12.1 Å². The molecule has 0 saturated carbocycles. The van der Waals surface area contributed by atoms with Gasteiger partial charge in [0.25, 0.3) is 0 Å². The lowest BCUT2D eigenvalue weighted by Gasteiger charge is -2.23. The topological polar surface area (TPSA) is 84.6 Å². The number of nitrogens with one attached hydrogen (secondary N) is 1. The van der Waals surface area contributed by atoms with Crippen molar-refractivity contribution in [2.45, 2.75) is 45.4 Å². The molecule has 1 saturated heterocycles.